The molecule has 0 amide bonds. The molecule has 0 radical (unpaired) electrons. The lowest BCUT2D eigenvalue weighted by molar-refractivity contribution is 0.367. The molecule has 0 aromatic heterocycles. The van der Waals surface area contributed by atoms with Crippen molar-refractivity contribution in [1.82, 2.24) is 0 Å². The lowest BCUT2D eigenvalue weighted by atomic mass is 9.96. The molecule has 4 aromatic carbocycles. The first kappa shape index (κ1) is 20.4. The van der Waals surface area contributed by atoms with Crippen molar-refractivity contribution >= 4 is 10.8 Å². The lowest BCUT2D eigenvalue weighted by Crippen LogP contribution is -1.97. The van der Waals surface area contributed by atoms with Crippen LogP contribution in [0.5, 0.6) is 28.7 Å². The third-order valence-corrected chi connectivity index (χ3v) is 5.59. The molecule has 0 heterocycles. The van der Waals surface area contributed by atoms with Crippen molar-refractivity contribution in [3.8, 4) is 28.7 Å². The smallest absolute Gasteiger partial charge is 0.200 e. The zero-order valence-electron chi connectivity index (χ0n) is 16.9. The van der Waals surface area contributed by atoms with Crippen LogP contribution in [0.3, 0.4) is 0 Å². The first-order valence-electron chi connectivity index (χ1n) is 10.2. The summed E-state index contributed by atoms with van der Waals surface area (Å²) in [6.07, 6.45) is 2.25. The molecule has 4 rings (SSSR count). The number of aromatic hydroxyl groups is 5. The van der Waals surface area contributed by atoms with E-state index >= 15 is 0 Å². The van der Waals surface area contributed by atoms with Gasteiger partial charge in [-0.15, -0.1) is 0 Å². The summed E-state index contributed by atoms with van der Waals surface area (Å²) in [6, 6.07) is 20.4. The largest absolute Gasteiger partial charge is 0.508 e. The second-order valence-electron chi connectivity index (χ2n) is 7.77. The Hall–Kier alpha value is -3.86. The number of rotatable bonds is 6. The van der Waals surface area contributed by atoms with Crippen LogP contribution >= 0.6 is 0 Å². The Morgan fingerprint density at radius 1 is 0.452 bits per heavy atom. The zero-order chi connectivity index (χ0) is 22.0. The minimum atomic E-state index is -0.549. The normalized spacial score (nSPS) is 11.1. The Labute approximate surface area is 180 Å². The summed E-state index contributed by atoms with van der Waals surface area (Å²) >= 11 is 0. The highest BCUT2D eigenvalue weighted by atomic mass is 16.3. The summed E-state index contributed by atoms with van der Waals surface area (Å²) in [6.45, 7) is 0. The predicted octanol–water partition coefficient (Wildman–Crippen LogP) is 4.94. The van der Waals surface area contributed by atoms with E-state index < -0.39 is 5.75 Å². The summed E-state index contributed by atoms with van der Waals surface area (Å²) in [4.78, 5) is 0. The molecule has 5 heteroatoms. The van der Waals surface area contributed by atoms with Crippen molar-refractivity contribution in [3.05, 3.63) is 89.0 Å². The third kappa shape index (κ3) is 4.51. The SMILES string of the molecule is Oc1cc(O)c(CCc2ccc3ccccc3c2)cc1CCc1cc(O)c(O)c(O)c1. The molecule has 0 aliphatic carbocycles. The zero-order valence-corrected chi connectivity index (χ0v) is 16.9. The van der Waals surface area contributed by atoms with Crippen LogP contribution < -0.4 is 0 Å². The highest BCUT2D eigenvalue weighted by Crippen LogP contribution is 2.36. The van der Waals surface area contributed by atoms with Gasteiger partial charge in [0, 0.05) is 6.07 Å². The summed E-state index contributed by atoms with van der Waals surface area (Å²) in [5.41, 5.74) is 3.21. The number of aryl methyl sites for hydroxylation is 4. The van der Waals surface area contributed by atoms with Gasteiger partial charge in [-0.1, -0.05) is 42.5 Å². The minimum Gasteiger partial charge on any atom is -0.508 e. The van der Waals surface area contributed by atoms with Gasteiger partial charge in [-0.25, -0.2) is 0 Å². The minimum absolute atomic E-state index is 0.000762. The molecule has 158 valence electrons. The first-order valence-corrected chi connectivity index (χ1v) is 10.2. The molecule has 0 bridgehead atoms. The Morgan fingerprint density at radius 3 is 1.68 bits per heavy atom. The average molecular weight is 416 g/mol. The molecular weight excluding hydrogens is 392 g/mol. The fraction of sp³-hybridized carbons (Fsp3) is 0.154. The number of phenols is 5. The van der Waals surface area contributed by atoms with Gasteiger partial charge in [-0.3, -0.25) is 0 Å². The average Bonchev–Trinajstić information content (AvgIpc) is 2.76. The quantitative estimate of drug-likeness (QED) is 0.287. The third-order valence-electron chi connectivity index (χ3n) is 5.59. The van der Waals surface area contributed by atoms with Crippen molar-refractivity contribution in [2.45, 2.75) is 25.7 Å². The molecule has 31 heavy (non-hydrogen) atoms. The van der Waals surface area contributed by atoms with Gasteiger partial charge in [-0.2, -0.15) is 0 Å². The van der Waals surface area contributed by atoms with E-state index in [1.807, 2.05) is 12.1 Å². The number of hydrogen-bond acceptors (Lipinski definition) is 5. The standard InChI is InChI=1S/C26H24O5/c27-22-15-23(28)21(10-7-17-12-24(29)26(31)25(30)13-17)14-20(22)9-6-16-5-8-18-3-1-2-4-19(18)11-16/h1-5,8,11-15,27-31H,6-7,9-10H2. The van der Waals surface area contributed by atoms with Crippen LogP contribution in [0.2, 0.25) is 0 Å². The van der Waals surface area contributed by atoms with E-state index in [2.05, 4.69) is 30.3 Å². The van der Waals surface area contributed by atoms with Gasteiger partial charge in [0.1, 0.15) is 11.5 Å². The van der Waals surface area contributed by atoms with Gasteiger partial charge >= 0.3 is 0 Å². The van der Waals surface area contributed by atoms with Crippen molar-refractivity contribution in [2.24, 2.45) is 0 Å². The van der Waals surface area contributed by atoms with Crippen LogP contribution in [0.4, 0.5) is 0 Å². The Bertz CT molecular complexity index is 1220. The molecule has 0 aliphatic heterocycles. The maximum Gasteiger partial charge on any atom is 0.200 e. The van der Waals surface area contributed by atoms with E-state index in [9.17, 15) is 25.5 Å². The first-order chi connectivity index (χ1) is 14.9. The van der Waals surface area contributed by atoms with E-state index in [1.54, 1.807) is 6.07 Å². The van der Waals surface area contributed by atoms with E-state index in [-0.39, 0.29) is 23.0 Å². The van der Waals surface area contributed by atoms with Crippen molar-refractivity contribution < 1.29 is 25.5 Å². The number of hydrogen-bond donors (Lipinski definition) is 5. The summed E-state index contributed by atoms with van der Waals surface area (Å²) in [5, 5.41) is 51.7. The van der Waals surface area contributed by atoms with Crippen LogP contribution in [0.15, 0.2) is 66.7 Å². The highest BCUT2D eigenvalue weighted by molar-refractivity contribution is 5.83. The second-order valence-corrected chi connectivity index (χ2v) is 7.77. The molecule has 0 unspecified atom stereocenters. The van der Waals surface area contributed by atoms with Crippen LogP contribution in [-0.2, 0) is 25.7 Å². The Balaban J connectivity index is 1.49. The van der Waals surface area contributed by atoms with Gasteiger partial charge < -0.3 is 25.5 Å². The molecular formula is C26H24O5. The number of phenolic OH excluding ortho intramolecular Hbond substituents is 5. The molecule has 0 saturated heterocycles. The molecule has 4 aromatic rings. The van der Waals surface area contributed by atoms with Crippen LogP contribution in [0, 0.1) is 0 Å². The summed E-state index contributed by atoms with van der Waals surface area (Å²) in [5.74, 6) is -1.27. The molecule has 0 aliphatic rings. The Kier molecular flexibility index (Phi) is 5.58. The molecule has 0 saturated carbocycles. The maximum atomic E-state index is 10.3. The van der Waals surface area contributed by atoms with Gasteiger partial charge in [0.15, 0.2) is 17.2 Å². The molecule has 5 nitrogen and oxygen atoms in total. The molecule has 0 atom stereocenters. The van der Waals surface area contributed by atoms with Gasteiger partial charge in [0.25, 0.3) is 0 Å². The topological polar surface area (TPSA) is 101 Å². The maximum absolute atomic E-state index is 10.3. The van der Waals surface area contributed by atoms with Crippen LogP contribution in [-0.4, -0.2) is 25.5 Å². The van der Waals surface area contributed by atoms with E-state index in [1.165, 1.54) is 34.5 Å². The van der Waals surface area contributed by atoms with Gasteiger partial charge in [-0.05, 0) is 76.9 Å². The van der Waals surface area contributed by atoms with Crippen LogP contribution in [0.25, 0.3) is 10.8 Å². The van der Waals surface area contributed by atoms with Crippen molar-refractivity contribution in [1.29, 1.82) is 0 Å². The monoisotopic (exact) mass is 416 g/mol. The van der Waals surface area contributed by atoms with Crippen LogP contribution in [0.1, 0.15) is 22.3 Å². The summed E-state index contributed by atoms with van der Waals surface area (Å²) < 4.78 is 0. The lowest BCUT2D eigenvalue weighted by Gasteiger charge is -2.12. The molecule has 0 fully saturated rings. The number of benzene rings is 4. The van der Waals surface area contributed by atoms with E-state index in [0.717, 1.165) is 12.0 Å². The van der Waals surface area contributed by atoms with Crippen molar-refractivity contribution in [2.75, 3.05) is 0 Å². The number of fused-ring (bicyclic) bond motifs is 1. The Morgan fingerprint density at radius 2 is 1.03 bits per heavy atom. The predicted molar refractivity (Wildman–Crippen MR) is 120 cm³/mol. The highest BCUT2D eigenvalue weighted by Gasteiger charge is 2.12. The fourth-order valence-corrected chi connectivity index (χ4v) is 3.83. The van der Waals surface area contributed by atoms with E-state index in [4.69, 9.17) is 0 Å². The summed E-state index contributed by atoms with van der Waals surface area (Å²) in [7, 11) is 0. The van der Waals surface area contributed by atoms with Gasteiger partial charge in [0.05, 0.1) is 0 Å². The fourth-order valence-electron chi connectivity index (χ4n) is 3.83. The second kappa shape index (κ2) is 8.48. The molecule has 0 spiro atoms. The molecule has 5 N–H and O–H groups in total. The van der Waals surface area contributed by atoms with E-state index in [0.29, 0.717) is 30.4 Å². The van der Waals surface area contributed by atoms with Gasteiger partial charge in [0.2, 0.25) is 0 Å². The van der Waals surface area contributed by atoms with Crippen molar-refractivity contribution in [3.63, 3.8) is 0 Å².